The molecular weight excluding hydrogens is 390 g/mol. The Morgan fingerprint density at radius 1 is 1.18 bits per heavy atom. The minimum absolute atomic E-state index is 0.0498. The summed E-state index contributed by atoms with van der Waals surface area (Å²) in [5, 5.41) is 17.1. The maximum absolute atomic E-state index is 12.2. The molecule has 1 N–H and O–H groups in total. The van der Waals surface area contributed by atoms with Crippen LogP contribution in [0.3, 0.4) is 0 Å². The topological polar surface area (TPSA) is 78.9 Å². The van der Waals surface area contributed by atoms with Crippen molar-refractivity contribution in [2.75, 3.05) is 5.32 Å². The fourth-order valence-electron chi connectivity index (χ4n) is 2.60. The molecule has 7 heteroatoms. The Balaban J connectivity index is 1.54. The van der Waals surface area contributed by atoms with Gasteiger partial charge in [-0.05, 0) is 29.0 Å². The molecule has 0 unspecified atom stereocenters. The van der Waals surface area contributed by atoms with Crippen LogP contribution in [0.4, 0.5) is 5.13 Å². The van der Waals surface area contributed by atoms with Crippen LogP contribution in [-0.4, -0.2) is 10.9 Å². The van der Waals surface area contributed by atoms with Gasteiger partial charge in [0.2, 0.25) is 0 Å². The molecule has 0 radical (unpaired) electrons. The first kappa shape index (κ1) is 18.0. The molecule has 0 aliphatic heterocycles. The van der Waals surface area contributed by atoms with Gasteiger partial charge in [-0.15, -0.1) is 11.3 Å². The number of carbonyl (C=O) groups excluding carboxylic acids is 1. The van der Waals surface area contributed by atoms with E-state index < -0.39 is 5.91 Å². The number of thiazole rings is 1. The third-order valence-corrected chi connectivity index (χ3v) is 5.55. The van der Waals surface area contributed by atoms with E-state index in [-0.39, 0.29) is 5.57 Å². The smallest absolute Gasteiger partial charge is 0.268 e. The summed E-state index contributed by atoms with van der Waals surface area (Å²) in [7, 11) is 0. The average molecular weight is 403 g/mol. The zero-order valence-electron chi connectivity index (χ0n) is 14.5. The molecule has 136 valence electrons. The Morgan fingerprint density at radius 2 is 2.04 bits per heavy atom. The van der Waals surface area contributed by atoms with Gasteiger partial charge in [0.1, 0.15) is 17.4 Å². The highest BCUT2D eigenvalue weighted by Gasteiger charge is 2.13. The van der Waals surface area contributed by atoms with Gasteiger partial charge in [0.25, 0.3) is 5.91 Å². The largest absolute Gasteiger partial charge is 0.450 e. The molecule has 2 aromatic heterocycles. The lowest BCUT2D eigenvalue weighted by molar-refractivity contribution is -0.112. The minimum atomic E-state index is -0.517. The van der Waals surface area contributed by atoms with Crippen LogP contribution in [0, 0.1) is 11.3 Å². The zero-order valence-corrected chi connectivity index (χ0v) is 16.1. The average Bonchev–Trinajstić information content (AvgIpc) is 3.38. The van der Waals surface area contributed by atoms with Crippen molar-refractivity contribution in [2.45, 2.75) is 9.99 Å². The highest BCUT2D eigenvalue weighted by molar-refractivity contribution is 7.99. The molecule has 4 aromatic rings. The van der Waals surface area contributed by atoms with E-state index in [2.05, 4.69) is 28.5 Å². The number of nitrogens with one attached hydrogen (secondary N) is 1. The summed E-state index contributed by atoms with van der Waals surface area (Å²) in [6.45, 7) is 0. The van der Waals surface area contributed by atoms with Crippen LogP contribution in [0.2, 0.25) is 0 Å². The van der Waals surface area contributed by atoms with E-state index in [1.54, 1.807) is 17.6 Å². The van der Waals surface area contributed by atoms with Crippen molar-refractivity contribution in [2.24, 2.45) is 0 Å². The number of rotatable bonds is 5. The number of hydrogen-bond acceptors (Lipinski definition) is 6. The number of anilines is 1. The Bertz CT molecular complexity index is 1200. The molecule has 0 bridgehead atoms. The number of hydrogen-bond donors (Lipinski definition) is 1. The summed E-state index contributed by atoms with van der Waals surface area (Å²) in [6.07, 6.45) is 3.01. The van der Waals surface area contributed by atoms with E-state index >= 15 is 0 Å². The van der Waals surface area contributed by atoms with Crippen molar-refractivity contribution in [1.29, 1.82) is 5.26 Å². The molecule has 0 spiro atoms. The van der Waals surface area contributed by atoms with E-state index in [1.165, 1.54) is 29.2 Å². The molecular formula is C21H13N3O2S2. The molecule has 0 saturated carbocycles. The monoisotopic (exact) mass is 403 g/mol. The number of fused-ring (bicyclic) bond motifs is 1. The summed E-state index contributed by atoms with van der Waals surface area (Å²) in [5.41, 5.74) is -0.0498. The summed E-state index contributed by atoms with van der Waals surface area (Å²) < 4.78 is 5.80. The first-order valence-electron chi connectivity index (χ1n) is 8.31. The van der Waals surface area contributed by atoms with E-state index in [0.29, 0.717) is 16.0 Å². The molecule has 0 atom stereocenters. The molecule has 2 heterocycles. The van der Waals surface area contributed by atoms with Crippen molar-refractivity contribution in [3.8, 4) is 6.07 Å². The summed E-state index contributed by atoms with van der Waals surface area (Å²) in [4.78, 5) is 17.3. The summed E-state index contributed by atoms with van der Waals surface area (Å²) in [6, 6.07) is 19.7. The van der Waals surface area contributed by atoms with Crippen molar-refractivity contribution < 1.29 is 9.21 Å². The number of nitrogens with zero attached hydrogens (tertiary/aromatic N) is 2. The second kappa shape index (κ2) is 8.13. The predicted octanol–water partition coefficient (Wildman–Crippen LogP) is 5.59. The van der Waals surface area contributed by atoms with Gasteiger partial charge >= 0.3 is 0 Å². The van der Waals surface area contributed by atoms with Crippen LogP contribution < -0.4 is 5.32 Å². The molecule has 0 fully saturated rings. The van der Waals surface area contributed by atoms with Gasteiger partial charge < -0.3 is 4.42 Å². The maximum atomic E-state index is 12.2. The molecule has 2 aromatic carbocycles. The highest BCUT2D eigenvalue weighted by Crippen LogP contribution is 2.34. The van der Waals surface area contributed by atoms with Gasteiger partial charge in [-0.3, -0.25) is 10.1 Å². The SMILES string of the molecule is N#C/C(=C/c1ccc(Sc2cccc3ccccc23)o1)C(=O)Nc1nccs1. The lowest BCUT2D eigenvalue weighted by Crippen LogP contribution is -2.13. The quantitative estimate of drug-likeness (QED) is 0.347. The van der Waals surface area contributed by atoms with Gasteiger partial charge in [0, 0.05) is 22.5 Å². The summed E-state index contributed by atoms with van der Waals surface area (Å²) >= 11 is 2.78. The first-order chi connectivity index (χ1) is 13.7. The first-order valence-corrected chi connectivity index (χ1v) is 10.0. The third kappa shape index (κ3) is 3.98. The molecule has 0 aliphatic carbocycles. The molecule has 0 aliphatic rings. The van der Waals surface area contributed by atoms with Crippen molar-refractivity contribution >= 4 is 51.0 Å². The molecule has 4 rings (SSSR count). The number of amides is 1. The Labute approximate surface area is 169 Å². The van der Waals surface area contributed by atoms with Gasteiger partial charge in [-0.2, -0.15) is 5.26 Å². The van der Waals surface area contributed by atoms with E-state index in [9.17, 15) is 10.1 Å². The maximum Gasteiger partial charge on any atom is 0.268 e. The second-order valence-corrected chi connectivity index (χ2v) is 7.64. The lowest BCUT2D eigenvalue weighted by atomic mass is 10.1. The van der Waals surface area contributed by atoms with Crippen molar-refractivity contribution in [1.82, 2.24) is 4.98 Å². The van der Waals surface area contributed by atoms with Crippen LogP contribution in [0.15, 0.2) is 86.2 Å². The highest BCUT2D eigenvalue weighted by atomic mass is 32.2. The Kier molecular flexibility index (Phi) is 5.24. The number of carbonyl (C=O) groups is 1. The van der Waals surface area contributed by atoms with Crippen LogP contribution in [-0.2, 0) is 4.79 Å². The normalized spacial score (nSPS) is 11.3. The van der Waals surface area contributed by atoms with Crippen molar-refractivity contribution in [3.63, 3.8) is 0 Å². The lowest BCUT2D eigenvalue weighted by Gasteiger charge is -2.04. The van der Waals surface area contributed by atoms with E-state index in [0.717, 1.165) is 15.7 Å². The fraction of sp³-hybridized carbons (Fsp3) is 0. The van der Waals surface area contributed by atoms with Gasteiger partial charge in [0.05, 0.1) is 0 Å². The van der Waals surface area contributed by atoms with Gasteiger partial charge in [-0.25, -0.2) is 4.98 Å². The van der Waals surface area contributed by atoms with E-state index in [1.807, 2.05) is 36.4 Å². The molecule has 28 heavy (non-hydrogen) atoms. The number of nitriles is 1. The van der Waals surface area contributed by atoms with Crippen molar-refractivity contribution in [3.05, 3.63) is 77.5 Å². The van der Waals surface area contributed by atoms with Crippen LogP contribution in [0.1, 0.15) is 5.76 Å². The number of furan rings is 1. The van der Waals surface area contributed by atoms with Crippen LogP contribution in [0.25, 0.3) is 16.8 Å². The zero-order chi connectivity index (χ0) is 19.3. The molecule has 1 amide bonds. The van der Waals surface area contributed by atoms with E-state index in [4.69, 9.17) is 4.42 Å². The number of aromatic nitrogens is 1. The molecule has 0 saturated heterocycles. The second-order valence-electron chi connectivity index (χ2n) is 5.70. The third-order valence-electron chi connectivity index (χ3n) is 3.87. The fourth-order valence-corrected chi connectivity index (χ4v) is 4.06. The van der Waals surface area contributed by atoms with Gasteiger partial charge in [0.15, 0.2) is 10.2 Å². The van der Waals surface area contributed by atoms with Gasteiger partial charge in [-0.1, -0.05) is 48.2 Å². The molecule has 5 nitrogen and oxygen atoms in total. The van der Waals surface area contributed by atoms with Crippen LogP contribution >= 0.6 is 23.1 Å². The van der Waals surface area contributed by atoms with Crippen LogP contribution in [0.5, 0.6) is 0 Å². The Morgan fingerprint density at radius 3 is 2.86 bits per heavy atom. The minimum Gasteiger partial charge on any atom is -0.450 e. The number of benzene rings is 2. The predicted molar refractivity (Wildman–Crippen MR) is 111 cm³/mol. The summed E-state index contributed by atoms with van der Waals surface area (Å²) in [5.74, 6) is -0.0781. The Hall–Kier alpha value is -3.34. The standard InChI is InChI=1S/C21H13N3O2S2/c22-13-15(20(25)24-21-23-10-11-27-21)12-16-8-9-19(26-16)28-18-7-3-5-14-4-1-2-6-17(14)18/h1-12H,(H,23,24,25)/b15-12-.